The molecule has 1 atom stereocenters. The third-order valence-electron chi connectivity index (χ3n) is 7.79. The summed E-state index contributed by atoms with van der Waals surface area (Å²) in [5.74, 6) is -1.39. The van der Waals surface area contributed by atoms with Crippen molar-refractivity contribution in [2.45, 2.75) is 71.3 Å². The molecule has 16 heteroatoms. The first-order valence-electron chi connectivity index (χ1n) is 15.5. The molecule has 0 aliphatic carbocycles. The summed E-state index contributed by atoms with van der Waals surface area (Å²) in [5.41, 5.74) is -1.82. The number of nitrogens with one attached hydrogen (secondary N) is 2. The van der Waals surface area contributed by atoms with Crippen LogP contribution in [0.25, 0.3) is 32.6 Å². The van der Waals surface area contributed by atoms with E-state index in [0.717, 1.165) is 29.6 Å². The Morgan fingerprint density at radius 3 is 2.53 bits per heavy atom. The fourth-order valence-electron chi connectivity index (χ4n) is 5.63. The maximum absolute atomic E-state index is 13.5. The van der Waals surface area contributed by atoms with Crippen LogP contribution in [-0.4, -0.2) is 67.4 Å². The predicted molar refractivity (Wildman–Crippen MR) is 178 cm³/mol. The van der Waals surface area contributed by atoms with Crippen LogP contribution in [0.5, 0.6) is 0 Å². The molecule has 5 rings (SSSR count). The SMILES string of the molecule is CCNC(=O)Nc1cc(-c2nc(C(F)(F)F)cs2)c(-c2ccc3c(c2)c(=O)c(C(=O)O)cn3CC2CCCCN2C(=O)OC(C)(C)C)cn1. The summed E-state index contributed by atoms with van der Waals surface area (Å²) < 4.78 is 47.7. The van der Waals surface area contributed by atoms with Crippen molar-refractivity contribution in [1.82, 2.24) is 24.8 Å². The van der Waals surface area contributed by atoms with E-state index in [0.29, 0.717) is 36.2 Å². The van der Waals surface area contributed by atoms with Gasteiger partial charge in [-0.25, -0.2) is 24.4 Å². The van der Waals surface area contributed by atoms with Gasteiger partial charge in [-0.1, -0.05) is 6.07 Å². The van der Waals surface area contributed by atoms with Gasteiger partial charge in [-0.3, -0.25) is 10.1 Å². The first-order chi connectivity index (χ1) is 23.1. The number of alkyl halides is 3. The molecule has 1 aromatic carbocycles. The Morgan fingerprint density at radius 1 is 1.12 bits per heavy atom. The lowest BCUT2D eigenvalue weighted by Gasteiger charge is -2.37. The minimum absolute atomic E-state index is 0.0139. The van der Waals surface area contributed by atoms with Gasteiger partial charge in [0.15, 0.2) is 5.69 Å². The molecule has 0 radical (unpaired) electrons. The summed E-state index contributed by atoms with van der Waals surface area (Å²) in [4.78, 5) is 60.7. The van der Waals surface area contributed by atoms with Gasteiger partial charge in [0.05, 0.1) is 11.6 Å². The maximum atomic E-state index is 13.5. The van der Waals surface area contributed by atoms with E-state index in [9.17, 15) is 37.5 Å². The van der Waals surface area contributed by atoms with Crippen LogP contribution >= 0.6 is 11.3 Å². The number of hydrogen-bond donors (Lipinski definition) is 3. The minimum Gasteiger partial charge on any atom is -0.477 e. The molecule has 4 heterocycles. The summed E-state index contributed by atoms with van der Waals surface area (Å²) in [7, 11) is 0. The molecule has 1 aliphatic heterocycles. The number of carboxylic acids is 1. The molecular weight excluding hydrogens is 665 g/mol. The number of rotatable bonds is 7. The number of fused-ring (bicyclic) bond motifs is 1. The van der Waals surface area contributed by atoms with Crippen molar-refractivity contribution < 1.29 is 37.4 Å². The Bertz CT molecular complexity index is 1970. The largest absolute Gasteiger partial charge is 0.477 e. The predicted octanol–water partition coefficient (Wildman–Crippen LogP) is 6.84. The number of urea groups is 1. The van der Waals surface area contributed by atoms with Gasteiger partial charge in [0.25, 0.3) is 0 Å². The van der Waals surface area contributed by atoms with Crippen molar-refractivity contribution in [3.8, 4) is 21.7 Å². The number of piperidine rings is 1. The Balaban J connectivity index is 1.62. The standard InChI is InChI=1S/C33H35F3N6O6S/c1-5-37-30(46)40-26-13-20(28-39-25(17-49-28)33(34,35)36)22(14-38-26)18-9-10-24-21(12-18)27(43)23(29(44)45)16-41(24)15-19-8-6-7-11-42(19)31(47)48-32(2,3)4/h9-10,12-14,16-17,19H,5-8,11,15H2,1-4H3,(H,44,45)(H2,37,38,40,46). The number of anilines is 1. The number of carbonyl (C=O) groups is 3. The quantitative estimate of drug-likeness (QED) is 0.189. The van der Waals surface area contributed by atoms with E-state index in [1.165, 1.54) is 24.5 Å². The second kappa shape index (κ2) is 13.9. The summed E-state index contributed by atoms with van der Waals surface area (Å²) in [6, 6.07) is 5.19. The molecule has 260 valence electrons. The molecule has 3 aromatic heterocycles. The van der Waals surface area contributed by atoms with E-state index in [1.54, 1.807) is 49.3 Å². The highest BCUT2D eigenvalue weighted by Crippen LogP contribution is 2.39. The van der Waals surface area contributed by atoms with Crippen molar-refractivity contribution in [3.63, 3.8) is 0 Å². The smallest absolute Gasteiger partial charge is 0.434 e. The van der Waals surface area contributed by atoms with Gasteiger partial charge < -0.3 is 24.6 Å². The zero-order valence-corrected chi connectivity index (χ0v) is 28.0. The molecule has 1 unspecified atom stereocenters. The van der Waals surface area contributed by atoms with Gasteiger partial charge in [-0.05, 0) is 70.7 Å². The molecule has 1 fully saturated rings. The number of ether oxygens (including phenoxy) is 1. The summed E-state index contributed by atoms with van der Waals surface area (Å²) in [6.07, 6.45) is -0.322. The number of hydrogen-bond acceptors (Lipinski definition) is 8. The normalized spacial score (nSPS) is 15.2. The van der Waals surface area contributed by atoms with Crippen molar-refractivity contribution in [2.75, 3.05) is 18.4 Å². The topological polar surface area (TPSA) is 156 Å². The lowest BCUT2D eigenvalue weighted by molar-refractivity contribution is -0.140. The molecule has 0 bridgehead atoms. The number of carboxylic acid groups (broad SMARTS) is 1. The number of thiazole rings is 1. The molecule has 0 spiro atoms. The van der Waals surface area contributed by atoms with Crippen LogP contribution in [0.4, 0.5) is 28.6 Å². The van der Waals surface area contributed by atoms with Gasteiger partial charge in [-0.2, -0.15) is 13.2 Å². The third kappa shape index (κ3) is 8.01. The minimum atomic E-state index is -4.69. The number of aromatic carboxylic acids is 1. The average molecular weight is 701 g/mol. The number of halogens is 3. The van der Waals surface area contributed by atoms with Gasteiger partial charge in [0.1, 0.15) is 22.0 Å². The first-order valence-corrected chi connectivity index (χ1v) is 16.4. The van der Waals surface area contributed by atoms with Gasteiger partial charge in [0.2, 0.25) is 5.43 Å². The third-order valence-corrected chi connectivity index (χ3v) is 8.67. The Kier molecular flexibility index (Phi) is 9.99. The van der Waals surface area contributed by atoms with Crippen LogP contribution in [0.2, 0.25) is 0 Å². The molecule has 1 saturated heterocycles. The van der Waals surface area contributed by atoms with Crippen molar-refractivity contribution in [3.05, 3.63) is 63.5 Å². The number of likely N-dealkylation sites (tertiary alicyclic amines) is 1. The molecule has 3 amide bonds. The fraction of sp³-hybridized carbons (Fsp3) is 0.394. The van der Waals surface area contributed by atoms with E-state index in [4.69, 9.17) is 4.74 Å². The number of nitrogens with zero attached hydrogens (tertiary/aromatic N) is 4. The van der Waals surface area contributed by atoms with Gasteiger partial charge in [-0.15, -0.1) is 11.3 Å². The molecule has 0 saturated carbocycles. The Labute approximate surface area is 282 Å². The molecule has 4 aromatic rings. The van der Waals surface area contributed by atoms with Gasteiger partial charge in [0, 0.05) is 53.9 Å². The zero-order chi connectivity index (χ0) is 35.7. The summed E-state index contributed by atoms with van der Waals surface area (Å²) >= 11 is 0.744. The van der Waals surface area contributed by atoms with Crippen LogP contribution in [0.15, 0.2) is 46.8 Å². The molecule has 1 aliphatic rings. The molecule has 49 heavy (non-hydrogen) atoms. The van der Waals surface area contributed by atoms with Crippen molar-refractivity contribution in [1.29, 1.82) is 0 Å². The summed E-state index contributed by atoms with van der Waals surface area (Å²) in [5, 5.41) is 16.0. The lowest BCUT2D eigenvalue weighted by Crippen LogP contribution is -2.48. The van der Waals surface area contributed by atoms with E-state index in [-0.39, 0.29) is 34.4 Å². The average Bonchev–Trinajstić information content (AvgIpc) is 3.53. The van der Waals surface area contributed by atoms with Crippen LogP contribution in [0.3, 0.4) is 0 Å². The highest BCUT2D eigenvalue weighted by atomic mass is 32.1. The monoisotopic (exact) mass is 700 g/mol. The lowest BCUT2D eigenvalue weighted by atomic mass is 9.98. The number of aromatic nitrogens is 3. The molecule has 3 N–H and O–H groups in total. The number of carbonyl (C=O) groups excluding carboxylic acids is 2. The number of pyridine rings is 2. The van der Waals surface area contributed by atoms with E-state index >= 15 is 0 Å². The summed E-state index contributed by atoms with van der Waals surface area (Å²) in [6.45, 7) is 7.99. The zero-order valence-electron chi connectivity index (χ0n) is 27.2. The van der Waals surface area contributed by atoms with E-state index in [1.807, 2.05) is 0 Å². The highest BCUT2D eigenvalue weighted by Gasteiger charge is 2.34. The van der Waals surface area contributed by atoms with Crippen LogP contribution in [-0.2, 0) is 17.5 Å². The van der Waals surface area contributed by atoms with Crippen LogP contribution < -0.4 is 16.1 Å². The number of benzene rings is 1. The van der Waals surface area contributed by atoms with Gasteiger partial charge >= 0.3 is 24.3 Å². The van der Waals surface area contributed by atoms with E-state index < -0.39 is 46.6 Å². The van der Waals surface area contributed by atoms with Crippen LogP contribution in [0, 0.1) is 0 Å². The number of amides is 3. The molecule has 12 nitrogen and oxygen atoms in total. The van der Waals surface area contributed by atoms with Crippen LogP contribution in [0.1, 0.15) is 63.0 Å². The maximum Gasteiger partial charge on any atom is 0.434 e. The highest BCUT2D eigenvalue weighted by molar-refractivity contribution is 7.13. The van der Waals surface area contributed by atoms with E-state index in [2.05, 4.69) is 20.6 Å². The molecular formula is C33H35F3N6O6S. The second-order valence-corrected chi connectivity index (χ2v) is 13.4. The van der Waals surface area contributed by atoms with Crippen molar-refractivity contribution in [2.24, 2.45) is 0 Å². The first kappa shape index (κ1) is 35.3. The Morgan fingerprint density at radius 2 is 1.88 bits per heavy atom. The second-order valence-electron chi connectivity index (χ2n) is 12.5. The Hall–Kier alpha value is -4.99. The van der Waals surface area contributed by atoms with Crippen molar-refractivity contribution >= 4 is 46.2 Å². The fourth-order valence-corrected chi connectivity index (χ4v) is 6.48.